The van der Waals surface area contributed by atoms with Crippen LogP contribution in [0.2, 0.25) is 0 Å². The summed E-state index contributed by atoms with van der Waals surface area (Å²) >= 11 is 0. The zero-order valence-corrected chi connectivity index (χ0v) is 27.0. The fraction of sp³-hybridized carbons (Fsp3) is 0.816. The molecule has 1 unspecified atom stereocenters. The van der Waals surface area contributed by atoms with Crippen LogP contribution in [0.1, 0.15) is 119 Å². The Morgan fingerprint density at radius 3 is 2.29 bits per heavy atom. The Labute approximate surface area is 250 Å². The van der Waals surface area contributed by atoms with Crippen molar-refractivity contribution in [3.05, 3.63) is 35.5 Å². The van der Waals surface area contributed by atoms with Crippen LogP contribution in [0.25, 0.3) is 0 Å². The van der Waals surface area contributed by atoms with Crippen molar-refractivity contribution >= 4 is 5.97 Å². The Kier molecular flexibility index (Phi) is 6.30. The number of aliphatic carboxylic acids is 1. The van der Waals surface area contributed by atoms with Gasteiger partial charge in [0.05, 0.1) is 5.92 Å². The number of nitrogens with zero attached hydrogens (tertiary/aromatic N) is 1. The van der Waals surface area contributed by atoms with E-state index in [4.69, 9.17) is 0 Å². The fourth-order valence-electron chi connectivity index (χ4n) is 13.6. The van der Waals surface area contributed by atoms with Crippen molar-refractivity contribution in [2.75, 3.05) is 13.1 Å². The van der Waals surface area contributed by atoms with Gasteiger partial charge in [0.15, 0.2) is 0 Å². The van der Waals surface area contributed by atoms with E-state index in [1.807, 2.05) is 0 Å². The fourth-order valence-corrected chi connectivity index (χ4v) is 13.6. The van der Waals surface area contributed by atoms with Gasteiger partial charge < -0.3 is 5.11 Å². The van der Waals surface area contributed by atoms with Crippen LogP contribution in [-0.2, 0) is 4.79 Å². The van der Waals surface area contributed by atoms with Crippen molar-refractivity contribution in [3.63, 3.8) is 0 Å². The average molecular weight is 560 g/mol. The summed E-state index contributed by atoms with van der Waals surface area (Å²) in [7, 11) is 0. The van der Waals surface area contributed by atoms with Gasteiger partial charge in [0.2, 0.25) is 0 Å². The minimum Gasteiger partial charge on any atom is -0.481 e. The van der Waals surface area contributed by atoms with Crippen molar-refractivity contribution in [1.82, 2.24) is 4.90 Å². The Balaban J connectivity index is 1.22. The molecule has 0 bridgehead atoms. The molecule has 3 nitrogen and oxygen atoms in total. The lowest BCUT2D eigenvalue weighted by molar-refractivity contribution is -0.224. The predicted molar refractivity (Wildman–Crippen MR) is 167 cm³/mol. The molecule has 1 aliphatic heterocycles. The van der Waals surface area contributed by atoms with Crippen LogP contribution in [0, 0.1) is 57.2 Å². The second-order valence-corrected chi connectivity index (χ2v) is 17.4. The molecule has 10 atom stereocenters. The zero-order chi connectivity index (χ0) is 29.2. The summed E-state index contributed by atoms with van der Waals surface area (Å²) in [4.78, 5) is 14.5. The van der Waals surface area contributed by atoms with Crippen molar-refractivity contribution in [2.24, 2.45) is 57.2 Å². The summed E-state index contributed by atoms with van der Waals surface area (Å²) in [6.07, 6.45) is 19.7. The van der Waals surface area contributed by atoms with Crippen LogP contribution in [-0.4, -0.2) is 34.6 Å². The molecular formula is C38H57NO2. The van der Waals surface area contributed by atoms with Gasteiger partial charge in [-0.05, 0) is 146 Å². The van der Waals surface area contributed by atoms with E-state index in [0.717, 1.165) is 36.5 Å². The summed E-state index contributed by atoms with van der Waals surface area (Å²) in [6.45, 7) is 22.9. The topological polar surface area (TPSA) is 40.3 Å². The molecule has 226 valence electrons. The molecule has 1 N–H and O–H groups in total. The number of allylic oxidation sites excluding steroid dienone is 5. The van der Waals surface area contributed by atoms with Gasteiger partial charge in [-0.3, -0.25) is 9.69 Å². The van der Waals surface area contributed by atoms with Crippen molar-refractivity contribution < 1.29 is 9.90 Å². The number of carboxylic acid groups (broad SMARTS) is 1. The summed E-state index contributed by atoms with van der Waals surface area (Å²) in [5, 5.41) is 9.55. The van der Waals surface area contributed by atoms with Gasteiger partial charge >= 0.3 is 5.97 Å². The van der Waals surface area contributed by atoms with Crippen molar-refractivity contribution in [2.45, 2.75) is 124 Å². The van der Waals surface area contributed by atoms with E-state index in [0.29, 0.717) is 34.1 Å². The summed E-state index contributed by atoms with van der Waals surface area (Å²) in [5.41, 5.74) is 6.25. The molecule has 3 heteroatoms. The third-order valence-corrected chi connectivity index (χ3v) is 15.8. The number of fused-ring (bicyclic) bond motifs is 7. The SMILES string of the molecule is C=C(C)[C@@H]1CC[C@]2(N3CC3)CC[C@]3(C)[C@H](CC[C@@H]4[C@@]5(C)CC=C(C6=CCC(C(=O)O)CC6)C(C)(C)[C@@H]5CC[C@]43C)[C@@H]12. The van der Waals surface area contributed by atoms with Crippen molar-refractivity contribution in [1.29, 1.82) is 0 Å². The molecule has 7 rings (SSSR count). The van der Waals surface area contributed by atoms with Crippen LogP contribution >= 0.6 is 0 Å². The van der Waals surface area contributed by atoms with Gasteiger partial charge in [-0.15, -0.1) is 0 Å². The second kappa shape index (κ2) is 9.09. The first-order chi connectivity index (χ1) is 19.3. The third-order valence-electron chi connectivity index (χ3n) is 15.8. The highest BCUT2D eigenvalue weighted by molar-refractivity contribution is 5.70. The van der Waals surface area contributed by atoms with E-state index >= 15 is 0 Å². The quantitative estimate of drug-likeness (QED) is 0.276. The van der Waals surface area contributed by atoms with Gasteiger partial charge in [0.1, 0.15) is 0 Å². The maximum absolute atomic E-state index is 11.6. The van der Waals surface area contributed by atoms with Gasteiger partial charge in [0, 0.05) is 18.6 Å². The molecule has 0 spiro atoms. The lowest BCUT2D eigenvalue weighted by Crippen LogP contribution is -2.67. The van der Waals surface area contributed by atoms with Crippen LogP contribution in [0.15, 0.2) is 35.5 Å². The summed E-state index contributed by atoms with van der Waals surface area (Å²) in [6, 6.07) is 0. The Morgan fingerprint density at radius 1 is 0.902 bits per heavy atom. The number of carbonyl (C=O) groups is 1. The highest BCUT2D eigenvalue weighted by Crippen LogP contribution is 2.77. The Bertz CT molecular complexity index is 1210. The standard InChI is InChI=1S/C38H57NO2/c1-24(2)27-14-19-38(39-22-23-39)21-20-36(6)29(32(27)38)12-13-31-35(5)17-15-28(25-8-10-26(11-9-25)33(40)41)34(3,4)30(35)16-18-37(31,36)7/h8,15,26-27,29-32H,1,9-14,16-23H2,2-7H3,(H,40,41)/t26?,27-,29+,30-,31+,32+,35-,36+,37+,38-/m0/s1. The minimum atomic E-state index is -0.623. The Morgan fingerprint density at radius 2 is 1.66 bits per heavy atom. The predicted octanol–water partition coefficient (Wildman–Crippen LogP) is 9.06. The van der Waals surface area contributed by atoms with E-state index in [1.54, 1.807) is 5.57 Å². The number of hydrogen-bond donors (Lipinski definition) is 1. The van der Waals surface area contributed by atoms with Crippen LogP contribution < -0.4 is 0 Å². The second-order valence-electron chi connectivity index (χ2n) is 17.4. The lowest BCUT2D eigenvalue weighted by atomic mass is 9.33. The maximum Gasteiger partial charge on any atom is 0.306 e. The molecule has 7 aliphatic rings. The number of rotatable bonds is 4. The molecule has 0 aromatic carbocycles. The minimum absolute atomic E-state index is 0.144. The normalized spacial score (nSPS) is 50.4. The summed E-state index contributed by atoms with van der Waals surface area (Å²) in [5.74, 6) is 3.02. The number of hydrogen-bond acceptors (Lipinski definition) is 2. The molecule has 5 fully saturated rings. The van der Waals surface area contributed by atoms with Gasteiger partial charge in [-0.2, -0.15) is 0 Å². The molecule has 4 saturated carbocycles. The third kappa shape index (κ3) is 3.69. The van der Waals surface area contributed by atoms with Crippen LogP contribution in [0.5, 0.6) is 0 Å². The molecule has 6 aliphatic carbocycles. The maximum atomic E-state index is 11.6. The summed E-state index contributed by atoms with van der Waals surface area (Å²) < 4.78 is 0. The van der Waals surface area contributed by atoms with Crippen LogP contribution in [0.3, 0.4) is 0 Å². The zero-order valence-electron chi connectivity index (χ0n) is 27.0. The molecule has 0 aromatic rings. The average Bonchev–Trinajstić information content (AvgIpc) is 3.69. The van der Waals surface area contributed by atoms with E-state index in [-0.39, 0.29) is 11.3 Å². The first kappa shape index (κ1) is 28.4. The van der Waals surface area contributed by atoms with Crippen molar-refractivity contribution in [3.8, 4) is 0 Å². The van der Waals surface area contributed by atoms with Gasteiger partial charge in [0.25, 0.3) is 0 Å². The van der Waals surface area contributed by atoms with Crippen LogP contribution in [0.4, 0.5) is 0 Å². The van der Waals surface area contributed by atoms with E-state index in [1.165, 1.54) is 82.0 Å². The van der Waals surface area contributed by atoms with Gasteiger partial charge in [-0.1, -0.05) is 58.9 Å². The smallest absolute Gasteiger partial charge is 0.306 e. The molecule has 0 aromatic heterocycles. The van der Waals surface area contributed by atoms with Gasteiger partial charge in [-0.25, -0.2) is 0 Å². The monoisotopic (exact) mass is 559 g/mol. The van der Waals surface area contributed by atoms with E-state index in [2.05, 4.69) is 65.2 Å². The highest BCUT2D eigenvalue weighted by Gasteiger charge is 2.71. The highest BCUT2D eigenvalue weighted by atomic mass is 16.4. The molecule has 41 heavy (non-hydrogen) atoms. The molecule has 0 amide bonds. The van der Waals surface area contributed by atoms with E-state index < -0.39 is 5.97 Å². The molecule has 1 heterocycles. The first-order valence-electron chi connectivity index (χ1n) is 17.3. The Hall–Kier alpha value is -1.35. The molecule has 0 radical (unpaired) electrons. The molecular weight excluding hydrogens is 502 g/mol. The largest absolute Gasteiger partial charge is 0.481 e. The van der Waals surface area contributed by atoms with E-state index in [9.17, 15) is 9.90 Å². The number of carboxylic acids is 1. The lowest BCUT2D eigenvalue weighted by Gasteiger charge is -2.72. The first-order valence-corrected chi connectivity index (χ1v) is 17.3. The molecule has 1 saturated heterocycles.